The summed E-state index contributed by atoms with van der Waals surface area (Å²) in [5.74, 6) is 0.166. The lowest BCUT2D eigenvalue weighted by molar-refractivity contribution is -0.123. The highest BCUT2D eigenvalue weighted by molar-refractivity contribution is 6.42. The maximum Gasteiger partial charge on any atom is 0.277 e. The molecule has 0 aliphatic heterocycles. The van der Waals surface area contributed by atoms with Crippen LogP contribution in [0.5, 0.6) is 5.75 Å². The molecular formula is C15H11Cl3N2O2. The van der Waals surface area contributed by atoms with Crippen LogP contribution in [0.2, 0.25) is 15.1 Å². The Balaban J connectivity index is 1.80. The molecule has 0 saturated carbocycles. The molecule has 114 valence electrons. The summed E-state index contributed by atoms with van der Waals surface area (Å²) >= 11 is 17.4. The molecule has 0 radical (unpaired) electrons. The Labute approximate surface area is 142 Å². The molecule has 4 nitrogen and oxygen atoms in total. The molecule has 0 bridgehead atoms. The SMILES string of the molecule is O=C(COc1ccc(Cl)cc1)NN=Cc1ccc(Cl)c(Cl)c1. The average Bonchev–Trinajstić information content (AvgIpc) is 2.50. The van der Waals surface area contributed by atoms with Crippen LogP contribution in [0.3, 0.4) is 0 Å². The average molecular weight is 358 g/mol. The van der Waals surface area contributed by atoms with Crippen molar-refractivity contribution in [1.82, 2.24) is 5.43 Å². The summed E-state index contributed by atoms with van der Waals surface area (Å²) in [5.41, 5.74) is 3.07. The molecule has 2 aromatic carbocycles. The number of hydrogen-bond donors (Lipinski definition) is 1. The normalized spacial score (nSPS) is 10.7. The Bertz CT molecular complexity index is 688. The van der Waals surface area contributed by atoms with Crippen molar-refractivity contribution in [3.8, 4) is 5.75 Å². The zero-order chi connectivity index (χ0) is 15.9. The fraction of sp³-hybridized carbons (Fsp3) is 0.0667. The van der Waals surface area contributed by atoms with Crippen LogP contribution in [-0.2, 0) is 4.79 Å². The lowest BCUT2D eigenvalue weighted by atomic mass is 10.2. The van der Waals surface area contributed by atoms with E-state index in [4.69, 9.17) is 39.5 Å². The van der Waals surface area contributed by atoms with E-state index in [1.54, 1.807) is 42.5 Å². The van der Waals surface area contributed by atoms with Gasteiger partial charge in [0.05, 0.1) is 16.3 Å². The van der Waals surface area contributed by atoms with Gasteiger partial charge in [0.25, 0.3) is 5.91 Å². The van der Waals surface area contributed by atoms with Gasteiger partial charge >= 0.3 is 0 Å². The number of hydrogen-bond acceptors (Lipinski definition) is 3. The lowest BCUT2D eigenvalue weighted by Crippen LogP contribution is -2.24. The van der Waals surface area contributed by atoms with E-state index in [-0.39, 0.29) is 12.5 Å². The van der Waals surface area contributed by atoms with E-state index in [2.05, 4.69) is 10.5 Å². The van der Waals surface area contributed by atoms with Crippen molar-refractivity contribution >= 4 is 46.9 Å². The molecule has 0 unspecified atom stereocenters. The van der Waals surface area contributed by atoms with Crippen molar-refractivity contribution in [2.45, 2.75) is 0 Å². The third-order valence-corrected chi connectivity index (χ3v) is 3.52. The fourth-order valence-corrected chi connectivity index (χ4v) is 1.92. The topological polar surface area (TPSA) is 50.7 Å². The van der Waals surface area contributed by atoms with Crippen LogP contribution in [0.4, 0.5) is 0 Å². The standard InChI is InChI=1S/C15H11Cl3N2O2/c16-11-2-4-12(5-3-11)22-9-15(21)20-19-8-10-1-6-13(17)14(18)7-10/h1-8H,9H2,(H,20,21). The van der Waals surface area contributed by atoms with E-state index in [1.165, 1.54) is 6.21 Å². The van der Waals surface area contributed by atoms with Crippen LogP contribution in [0.1, 0.15) is 5.56 Å². The monoisotopic (exact) mass is 356 g/mol. The predicted octanol–water partition coefficient (Wildman–Crippen LogP) is 4.18. The lowest BCUT2D eigenvalue weighted by Gasteiger charge is -2.04. The van der Waals surface area contributed by atoms with Crippen LogP contribution in [-0.4, -0.2) is 18.7 Å². The minimum Gasteiger partial charge on any atom is -0.484 e. The summed E-state index contributed by atoms with van der Waals surface area (Å²) < 4.78 is 5.28. The molecule has 2 rings (SSSR count). The number of halogens is 3. The molecule has 0 spiro atoms. The quantitative estimate of drug-likeness (QED) is 0.645. The van der Waals surface area contributed by atoms with Crippen LogP contribution < -0.4 is 10.2 Å². The maximum atomic E-state index is 11.6. The highest BCUT2D eigenvalue weighted by atomic mass is 35.5. The summed E-state index contributed by atoms with van der Waals surface area (Å²) in [5, 5.41) is 5.29. The van der Waals surface area contributed by atoms with E-state index in [9.17, 15) is 4.79 Å². The molecule has 0 atom stereocenters. The molecule has 0 aliphatic rings. The van der Waals surface area contributed by atoms with E-state index in [0.29, 0.717) is 26.4 Å². The van der Waals surface area contributed by atoms with Gasteiger partial charge in [-0.1, -0.05) is 40.9 Å². The molecule has 0 heterocycles. The third kappa shape index (κ3) is 5.22. The number of benzene rings is 2. The molecule has 0 aromatic heterocycles. The van der Waals surface area contributed by atoms with Crippen molar-refractivity contribution in [2.75, 3.05) is 6.61 Å². The molecule has 0 saturated heterocycles. The molecule has 0 fully saturated rings. The summed E-state index contributed by atoms with van der Waals surface area (Å²) in [7, 11) is 0. The molecule has 1 N–H and O–H groups in total. The molecule has 22 heavy (non-hydrogen) atoms. The van der Waals surface area contributed by atoms with Gasteiger partial charge in [0.1, 0.15) is 5.75 Å². The highest BCUT2D eigenvalue weighted by Crippen LogP contribution is 2.21. The van der Waals surface area contributed by atoms with Crippen molar-refractivity contribution in [1.29, 1.82) is 0 Å². The van der Waals surface area contributed by atoms with Gasteiger partial charge in [-0.3, -0.25) is 4.79 Å². The van der Waals surface area contributed by atoms with Gasteiger partial charge in [0.2, 0.25) is 0 Å². The zero-order valence-electron chi connectivity index (χ0n) is 11.2. The zero-order valence-corrected chi connectivity index (χ0v) is 13.5. The van der Waals surface area contributed by atoms with Crippen molar-refractivity contribution in [2.24, 2.45) is 5.10 Å². The van der Waals surface area contributed by atoms with Crippen LogP contribution in [0.25, 0.3) is 0 Å². The molecule has 2 aromatic rings. The van der Waals surface area contributed by atoms with Gasteiger partial charge in [-0.05, 0) is 42.0 Å². The summed E-state index contributed by atoms with van der Waals surface area (Å²) in [4.78, 5) is 11.6. The van der Waals surface area contributed by atoms with Gasteiger partial charge in [-0.15, -0.1) is 0 Å². The summed E-state index contributed by atoms with van der Waals surface area (Å²) in [6.07, 6.45) is 1.46. The largest absolute Gasteiger partial charge is 0.484 e. The van der Waals surface area contributed by atoms with E-state index < -0.39 is 0 Å². The number of nitrogens with zero attached hydrogens (tertiary/aromatic N) is 1. The van der Waals surface area contributed by atoms with Crippen LogP contribution in [0, 0.1) is 0 Å². The number of amides is 1. The number of carbonyl (C=O) groups is 1. The van der Waals surface area contributed by atoms with Crippen LogP contribution in [0.15, 0.2) is 47.6 Å². The number of hydrazone groups is 1. The van der Waals surface area contributed by atoms with Crippen molar-refractivity contribution in [3.63, 3.8) is 0 Å². The van der Waals surface area contributed by atoms with E-state index in [1.807, 2.05) is 0 Å². The molecule has 7 heteroatoms. The summed E-state index contributed by atoms with van der Waals surface area (Å²) in [6, 6.07) is 11.7. The smallest absolute Gasteiger partial charge is 0.277 e. The predicted molar refractivity (Wildman–Crippen MR) is 89.1 cm³/mol. The second kappa shape index (κ2) is 8.03. The molecule has 1 amide bonds. The maximum absolute atomic E-state index is 11.6. The number of nitrogens with one attached hydrogen (secondary N) is 1. The first-order valence-corrected chi connectivity index (χ1v) is 7.33. The Hall–Kier alpha value is -1.75. The molecular weight excluding hydrogens is 347 g/mol. The minimum absolute atomic E-state index is 0.152. The van der Waals surface area contributed by atoms with Crippen molar-refractivity contribution in [3.05, 3.63) is 63.1 Å². The van der Waals surface area contributed by atoms with Gasteiger partial charge < -0.3 is 4.74 Å². The highest BCUT2D eigenvalue weighted by Gasteiger charge is 2.02. The van der Waals surface area contributed by atoms with Gasteiger partial charge in [0.15, 0.2) is 6.61 Å². The van der Waals surface area contributed by atoms with Gasteiger partial charge in [0, 0.05) is 5.02 Å². The number of rotatable bonds is 5. The Kier molecular flexibility index (Phi) is 6.07. The van der Waals surface area contributed by atoms with E-state index >= 15 is 0 Å². The third-order valence-electron chi connectivity index (χ3n) is 2.53. The second-order valence-corrected chi connectivity index (χ2v) is 5.46. The fourth-order valence-electron chi connectivity index (χ4n) is 1.48. The van der Waals surface area contributed by atoms with Crippen LogP contribution >= 0.6 is 34.8 Å². The minimum atomic E-state index is -0.383. The molecule has 0 aliphatic carbocycles. The Morgan fingerprint density at radius 2 is 1.82 bits per heavy atom. The summed E-state index contributed by atoms with van der Waals surface area (Å²) in [6.45, 7) is -0.152. The van der Waals surface area contributed by atoms with Crippen molar-refractivity contribution < 1.29 is 9.53 Å². The first-order chi connectivity index (χ1) is 10.5. The first-order valence-electron chi connectivity index (χ1n) is 6.20. The van der Waals surface area contributed by atoms with E-state index in [0.717, 1.165) is 0 Å². The number of ether oxygens (including phenoxy) is 1. The second-order valence-electron chi connectivity index (χ2n) is 4.21. The van der Waals surface area contributed by atoms with Gasteiger partial charge in [-0.2, -0.15) is 5.10 Å². The first kappa shape index (κ1) is 16.6. The Morgan fingerprint density at radius 3 is 2.50 bits per heavy atom. The Morgan fingerprint density at radius 1 is 1.09 bits per heavy atom. The number of carbonyl (C=O) groups excluding carboxylic acids is 1. The van der Waals surface area contributed by atoms with Gasteiger partial charge in [-0.25, -0.2) is 5.43 Å².